The van der Waals surface area contributed by atoms with Crippen LogP contribution in [0.1, 0.15) is 11.1 Å². The molecule has 0 aliphatic carbocycles. The van der Waals surface area contributed by atoms with Gasteiger partial charge in [0, 0.05) is 11.1 Å². The standard InChI is InChI=1S/C14H11O3P/c15-18(16,17)14-10-8-13(9-11-14)7-6-12-4-2-1-3-5-12/h1-5,8-11H,(H2,15,16,17). The third kappa shape index (κ3) is 3.32. The third-order valence-electron chi connectivity index (χ3n) is 2.33. The van der Waals surface area contributed by atoms with Crippen LogP contribution in [0.4, 0.5) is 0 Å². The van der Waals surface area contributed by atoms with Crippen LogP contribution in [0.5, 0.6) is 0 Å². The SMILES string of the molecule is O=P(O)(O)c1ccc(C#Cc2ccccc2)cc1. The summed E-state index contributed by atoms with van der Waals surface area (Å²) in [5.41, 5.74) is 1.62. The maximum atomic E-state index is 11.0. The van der Waals surface area contributed by atoms with Crippen molar-refractivity contribution in [1.29, 1.82) is 0 Å². The Morgan fingerprint density at radius 1 is 0.778 bits per heavy atom. The largest absolute Gasteiger partial charge is 0.356 e. The predicted molar refractivity (Wildman–Crippen MR) is 70.5 cm³/mol. The lowest BCUT2D eigenvalue weighted by atomic mass is 10.2. The van der Waals surface area contributed by atoms with Gasteiger partial charge in [0.2, 0.25) is 0 Å². The van der Waals surface area contributed by atoms with Crippen molar-refractivity contribution in [2.75, 3.05) is 0 Å². The molecule has 0 aliphatic heterocycles. The molecule has 0 fully saturated rings. The fourth-order valence-electron chi connectivity index (χ4n) is 1.40. The molecule has 2 aromatic carbocycles. The van der Waals surface area contributed by atoms with Crippen molar-refractivity contribution in [3.05, 3.63) is 65.7 Å². The highest BCUT2D eigenvalue weighted by molar-refractivity contribution is 7.60. The molecule has 0 heterocycles. The first-order valence-corrected chi connectivity index (χ1v) is 6.90. The van der Waals surface area contributed by atoms with Crippen molar-refractivity contribution in [1.82, 2.24) is 0 Å². The predicted octanol–water partition coefficient (Wildman–Crippen LogP) is 1.89. The summed E-state index contributed by atoms with van der Waals surface area (Å²) in [5, 5.41) is 0.00719. The topological polar surface area (TPSA) is 57.5 Å². The molecule has 3 nitrogen and oxygen atoms in total. The zero-order valence-corrected chi connectivity index (χ0v) is 10.3. The van der Waals surface area contributed by atoms with Crippen molar-refractivity contribution < 1.29 is 14.4 Å². The van der Waals surface area contributed by atoms with Crippen LogP contribution < -0.4 is 5.30 Å². The van der Waals surface area contributed by atoms with Gasteiger partial charge in [-0.1, -0.05) is 30.0 Å². The Labute approximate surface area is 105 Å². The molecular formula is C14H11O3P. The van der Waals surface area contributed by atoms with Gasteiger partial charge in [0.25, 0.3) is 0 Å². The fraction of sp³-hybridized carbons (Fsp3) is 0. The summed E-state index contributed by atoms with van der Waals surface area (Å²) in [6, 6.07) is 15.5. The average Bonchev–Trinajstić information content (AvgIpc) is 2.37. The monoisotopic (exact) mass is 258 g/mol. The van der Waals surface area contributed by atoms with E-state index in [1.165, 1.54) is 12.1 Å². The molecule has 0 bridgehead atoms. The fourth-order valence-corrected chi connectivity index (χ4v) is 1.94. The van der Waals surface area contributed by atoms with Gasteiger partial charge < -0.3 is 9.79 Å². The van der Waals surface area contributed by atoms with Gasteiger partial charge in [-0.2, -0.15) is 0 Å². The molecular weight excluding hydrogens is 247 g/mol. The molecule has 18 heavy (non-hydrogen) atoms. The summed E-state index contributed by atoms with van der Waals surface area (Å²) in [4.78, 5) is 17.9. The van der Waals surface area contributed by atoms with Crippen molar-refractivity contribution >= 4 is 12.9 Å². The van der Waals surface area contributed by atoms with Crippen LogP contribution in [-0.4, -0.2) is 9.79 Å². The molecule has 0 saturated carbocycles. The van der Waals surface area contributed by atoms with Gasteiger partial charge >= 0.3 is 7.60 Å². The van der Waals surface area contributed by atoms with E-state index in [1.807, 2.05) is 30.3 Å². The van der Waals surface area contributed by atoms with Gasteiger partial charge in [-0.3, -0.25) is 4.57 Å². The number of hydrogen-bond acceptors (Lipinski definition) is 1. The molecule has 90 valence electrons. The lowest BCUT2D eigenvalue weighted by molar-refractivity contribution is 0.387. The molecule has 2 aromatic rings. The molecule has 0 spiro atoms. The third-order valence-corrected chi connectivity index (χ3v) is 3.30. The van der Waals surface area contributed by atoms with E-state index in [1.54, 1.807) is 12.1 Å². The second-order valence-corrected chi connectivity index (χ2v) is 5.31. The van der Waals surface area contributed by atoms with Gasteiger partial charge in [-0.15, -0.1) is 0 Å². The molecule has 0 radical (unpaired) electrons. The maximum absolute atomic E-state index is 11.0. The first kappa shape index (κ1) is 12.6. The minimum absolute atomic E-state index is 0.00719. The quantitative estimate of drug-likeness (QED) is 0.606. The average molecular weight is 258 g/mol. The van der Waals surface area contributed by atoms with Crippen molar-refractivity contribution in [2.24, 2.45) is 0 Å². The first-order chi connectivity index (χ1) is 8.55. The summed E-state index contributed by atoms with van der Waals surface area (Å²) in [6.45, 7) is 0. The first-order valence-electron chi connectivity index (χ1n) is 5.29. The number of hydrogen-bond donors (Lipinski definition) is 2. The summed E-state index contributed by atoms with van der Waals surface area (Å²) in [5.74, 6) is 5.91. The van der Waals surface area contributed by atoms with E-state index in [2.05, 4.69) is 11.8 Å². The zero-order chi connectivity index (χ0) is 13.0. The van der Waals surface area contributed by atoms with E-state index in [4.69, 9.17) is 9.79 Å². The Bertz CT molecular complexity index is 630. The second kappa shape index (κ2) is 5.20. The molecule has 0 unspecified atom stereocenters. The maximum Gasteiger partial charge on any atom is 0.356 e. The molecule has 2 rings (SSSR count). The van der Waals surface area contributed by atoms with Gasteiger partial charge in [-0.05, 0) is 36.4 Å². The highest BCUT2D eigenvalue weighted by atomic mass is 31.2. The summed E-state index contributed by atoms with van der Waals surface area (Å²) >= 11 is 0. The normalized spacial score (nSPS) is 10.6. The van der Waals surface area contributed by atoms with E-state index < -0.39 is 7.60 Å². The van der Waals surface area contributed by atoms with Crippen molar-refractivity contribution in [3.63, 3.8) is 0 Å². The Morgan fingerprint density at radius 3 is 1.78 bits per heavy atom. The number of rotatable bonds is 1. The van der Waals surface area contributed by atoms with Crippen LogP contribution >= 0.6 is 7.60 Å². The minimum atomic E-state index is -4.16. The van der Waals surface area contributed by atoms with Crippen molar-refractivity contribution in [3.8, 4) is 11.8 Å². The van der Waals surface area contributed by atoms with Crippen molar-refractivity contribution in [2.45, 2.75) is 0 Å². The Hall–Kier alpha value is -1.85. The van der Waals surface area contributed by atoms with Crippen LogP contribution in [0, 0.1) is 11.8 Å². The van der Waals surface area contributed by atoms with E-state index in [-0.39, 0.29) is 5.30 Å². The molecule has 0 saturated heterocycles. The Balaban J connectivity index is 2.22. The van der Waals surface area contributed by atoms with Crippen LogP contribution in [0.15, 0.2) is 54.6 Å². The summed E-state index contributed by atoms with van der Waals surface area (Å²) in [7, 11) is -4.16. The van der Waals surface area contributed by atoms with Gasteiger partial charge in [0.1, 0.15) is 0 Å². The molecule has 0 amide bonds. The van der Waals surface area contributed by atoms with E-state index in [9.17, 15) is 4.57 Å². The van der Waals surface area contributed by atoms with E-state index in [0.29, 0.717) is 0 Å². The van der Waals surface area contributed by atoms with Crippen LogP contribution in [0.25, 0.3) is 0 Å². The molecule has 4 heteroatoms. The summed E-state index contributed by atoms with van der Waals surface area (Å²) < 4.78 is 11.0. The lowest BCUT2D eigenvalue weighted by Crippen LogP contribution is -2.02. The number of benzene rings is 2. The zero-order valence-electron chi connectivity index (χ0n) is 9.45. The second-order valence-electron chi connectivity index (χ2n) is 3.71. The Kier molecular flexibility index (Phi) is 3.64. The van der Waals surface area contributed by atoms with Crippen LogP contribution in [0.2, 0.25) is 0 Å². The van der Waals surface area contributed by atoms with E-state index >= 15 is 0 Å². The molecule has 0 atom stereocenters. The molecule has 2 N–H and O–H groups in total. The summed E-state index contributed by atoms with van der Waals surface area (Å²) in [6.07, 6.45) is 0. The molecule has 0 aliphatic rings. The lowest BCUT2D eigenvalue weighted by Gasteiger charge is -2.02. The van der Waals surface area contributed by atoms with Gasteiger partial charge in [0.15, 0.2) is 0 Å². The highest BCUT2D eigenvalue weighted by Gasteiger charge is 2.15. The van der Waals surface area contributed by atoms with Gasteiger partial charge in [0.05, 0.1) is 5.30 Å². The highest BCUT2D eigenvalue weighted by Crippen LogP contribution is 2.32. The van der Waals surface area contributed by atoms with Crippen LogP contribution in [0.3, 0.4) is 0 Å². The van der Waals surface area contributed by atoms with E-state index in [0.717, 1.165) is 11.1 Å². The Morgan fingerprint density at radius 2 is 1.28 bits per heavy atom. The van der Waals surface area contributed by atoms with Crippen LogP contribution in [-0.2, 0) is 4.57 Å². The van der Waals surface area contributed by atoms with Gasteiger partial charge in [-0.25, -0.2) is 0 Å². The smallest absolute Gasteiger partial charge is 0.321 e. The minimum Gasteiger partial charge on any atom is -0.321 e. The molecule has 0 aromatic heterocycles.